The quantitative estimate of drug-likeness (QED) is 0.756. The minimum Gasteiger partial charge on any atom is -0.381 e. The highest BCUT2D eigenvalue weighted by Crippen LogP contribution is 2.18. The summed E-state index contributed by atoms with van der Waals surface area (Å²) in [4.78, 5) is 26.8. The zero-order valence-electron chi connectivity index (χ0n) is 13.8. The molecule has 0 aromatic carbocycles. The lowest BCUT2D eigenvalue weighted by atomic mass is 10.1. The van der Waals surface area contributed by atoms with Gasteiger partial charge in [-0.2, -0.15) is 0 Å². The number of rotatable bonds is 6. The molecule has 1 aliphatic heterocycles. The van der Waals surface area contributed by atoms with E-state index in [0.29, 0.717) is 32.2 Å². The van der Waals surface area contributed by atoms with Crippen molar-refractivity contribution in [2.24, 2.45) is 5.92 Å². The molecule has 0 unspecified atom stereocenters. The summed E-state index contributed by atoms with van der Waals surface area (Å²) in [5.74, 6) is 0.236. The second-order valence-electron chi connectivity index (χ2n) is 5.92. The van der Waals surface area contributed by atoms with Crippen molar-refractivity contribution in [1.82, 2.24) is 9.47 Å². The van der Waals surface area contributed by atoms with Crippen LogP contribution in [0.5, 0.6) is 0 Å². The Balaban J connectivity index is 2.06. The van der Waals surface area contributed by atoms with Crippen molar-refractivity contribution in [3.63, 3.8) is 0 Å². The number of carbonyl (C=O) groups excluding carboxylic acids is 1. The molecule has 5 nitrogen and oxygen atoms in total. The molecule has 0 bridgehead atoms. The summed E-state index contributed by atoms with van der Waals surface area (Å²) in [6, 6.07) is 3.50. The van der Waals surface area contributed by atoms with Crippen molar-refractivity contribution in [2.45, 2.75) is 40.2 Å². The van der Waals surface area contributed by atoms with E-state index in [9.17, 15) is 9.59 Å². The van der Waals surface area contributed by atoms with E-state index in [1.807, 2.05) is 19.9 Å². The van der Waals surface area contributed by atoms with Gasteiger partial charge in [0.1, 0.15) is 5.56 Å². The Labute approximate surface area is 131 Å². The lowest BCUT2D eigenvalue weighted by Crippen LogP contribution is -2.36. The average Bonchev–Trinajstić information content (AvgIpc) is 2.96. The van der Waals surface area contributed by atoms with Crippen LogP contribution in [0.1, 0.15) is 42.7 Å². The fourth-order valence-electron chi connectivity index (χ4n) is 2.94. The molecule has 2 rings (SSSR count). The molecule has 5 heteroatoms. The third-order valence-electron chi connectivity index (χ3n) is 4.21. The standard InChI is InChI=1S/C17H26N2O3/c1-4-10-22-12-14-8-9-18(11-14)16(20)15-7-6-13(3)19(5-2)17(15)21/h6-7,14H,4-5,8-12H2,1-3H3/t14-/m0/s1. The van der Waals surface area contributed by atoms with Crippen molar-refractivity contribution in [3.8, 4) is 0 Å². The van der Waals surface area contributed by atoms with Gasteiger partial charge in [0.05, 0.1) is 6.61 Å². The van der Waals surface area contributed by atoms with Crippen LogP contribution in [0, 0.1) is 12.8 Å². The van der Waals surface area contributed by atoms with Gasteiger partial charge in [0.15, 0.2) is 0 Å². The Kier molecular flexibility index (Phi) is 5.77. The Morgan fingerprint density at radius 3 is 2.82 bits per heavy atom. The predicted octanol–water partition coefficient (Wildman–Crippen LogP) is 2.07. The van der Waals surface area contributed by atoms with Crippen molar-refractivity contribution in [3.05, 3.63) is 33.7 Å². The highest BCUT2D eigenvalue weighted by Gasteiger charge is 2.28. The third-order valence-corrected chi connectivity index (χ3v) is 4.21. The molecule has 1 aromatic rings. The average molecular weight is 306 g/mol. The van der Waals surface area contributed by atoms with Gasteiger partial charge in [-0.1, -0.05) is 6.92 Å². The molecule has 1 saturated heterocycles. The Hall–Kier alpha value is -1.62. The van der Waals surface area contributed by atoms with Crippen molar-refractivity contribution < 1.29 is 9.53 Å². The fraction of sp³-hybridized carbons (Fsp3) is 0.647. The van der Waals surface area contributed by atoms with E-state index in [1.165, 1.54) is 0 Å². The smallest absolute Gasteiger partial charge is 0.263 e. The first-order valence-electron chi connectivity index (χ1n) is 8.15. The minimum absolute atomic E-state index is 0.148. The molecule has 2 heterocycles. The van der Waals surface area contributed by atoms with Crippen LogP contribution in [-0.2, 0) is 11.3 Å². The van der Waals surface area contributed by atoms with Gasteiger partial charge < -0.3 is 14.2 Å². The van der Waals surface area contributed by atoms with E-state index in [-0.39, 0.29) is 17.0 Å². The molecule has 0 saturated carbocycles. The molecular formula is C17H26N2O3. The summed E-state index contributed by atoms with van der Waals surface area (Å²) in [5.41, 5.74) is 0.983. The highest BCUT2D eigenvalue weighted by atomic mass is 16.5. The van der Waals surface area contributed by atoms with Gasteiger partial charge in [0.25, 0.3) is 11.5 Å². The van der Waals surface area contributed by atoms with Crippen LogP contribution >= 0.6 is 0 Å². The number of carbonyl (C=O) groups is 1. The molecule has 0 N–H and O–H groups in total. The highest BCUT2D eigenvalue weighted by molar-refractivity contribution is 5.94. The number of nitrogens with zero attached hydrogens (tertiary/aromatic N) is 2. The predicted molar refractivity (Wildman–Crippen MR) is 86.2 cm³/mol. The van der Waals surface area contributed by atoms with Crippen LogP contribution in [0.3, 0.4) is 0 Å². The maximum Gasteiger partial charge on any atom is 0.263 e. The molecule has 0 radical (unpaired) electrons. The molecule has 0 aliphatic carbocycles. The Morgan fingerprint density at radius 2 is 2.14 bits per heavy atom. The van der Waals surface area contributed by atoms with E-state index in [1.54, 1.807) is 15.5 Å². The van der Waals surface area contributed by atoms with Crippen LogP contribution in [0.4, 0.5) is 0 Å². The number of ether oxygens (including phenoxy) is 1. The van der Waals surface area contributed by atoms with E-state index in [0.717, 1.165) is 25.1 Å². The zero-order chi connectivity index (χ0) is 16.1. The summed E-state index contributed by atoms with van der Waals surface area (Å²) in [6.45, 7) is 9.32. The topological polar surface area (TPSA) is 51.5 Å². The largest absolute Gasteiger partial charge is 0.381 e. The van der Waals surface area contributed by atoms with Crippen LogP contribution in [0.25, 0.3) is 0 Å². The van der Waals surface area contributed by atoms with Gasteiger partial charge in [0, 0.05) is 37.9 Å². The first-order valence-corrected chi connectivity index (χ1v) is 8.15. The van der Waals surface area contributed by atoms with Crippen LogP contribution < -0.4 is 5.56 Å². The summed E-state index contributed by atoms with van der Waals surface area (Å²) in [7, 11) is 0. The van der Waals surface area contributed by atoms with E-state index in [4.69, 9.17) is 4.74 Å². The van der Waals surface area contributed by atoms with Crippen molar-refractivity contribution in [1.29, 1.82) is 0 Å². The van der Waals surface area contributed by atoms with E-state index in [2.05, 4.69) is 6.92 Å². The first-order chi connectivity index (χ1) is 10.6. The van der Waals surface area contributed by atoms with Crippen LogP contribution in [0.15, 0.2) is 16.9 Å². The number of likely N-dealkylation sites (tertiary alicyclic amines) is 1. The first kappa shape index (κ1) is 16.7. The summed E-state index contributed by atoms with van der Waals surface area (Å²) >= 11 is 0. The van der Waals surface area contributed by atoms with E-state index >= 15 is 0 Å². The molecule has 1 atom stereocenters. The second-order valence-corrected chi connectivity index (χ2v) is 5.92. The van der Waals surface area contributed by atoms with Crippen molar-refractivity contribution in [2.75, 3.05) is 26.3 Å². The van der Waals surface area contributed by atoms with Gasteiger partial charge in [-0.3, -0.25) is 9.59 Å². The number of aryl methyl sites for hydroxylation is 1. The Morgan fingerprint density at radius 1 is 1.36 bits per heavy atom. The molecular weight excluding hydrogens is 280 g/mol. The van der Waals surface area contributed by atoms with Gasteiger partial charge in [-0.25, -0.2) is 0 Å². The normalized spacial score (nSPS) is 18.0. The molecule has 1 fully saturated rings. The minimum atomic E-state index is -0.182. The fourth-order valence-corrected chi connectivity index (χ4v) is 2.94. The summed E-state index contributed by atoms with van der Waals surface area (Å²) in [5, 5.41) is 0. The third kappa shape index (κ3) is 3.58. The molecule has 1 amide bonds. The van der Waals surface area contributed by atoms with Crippen LogP contribution in [-0.4, -0.2) is 41.7 Å². The van der Waals surface area contributed by atoms with Gasteiger partial charge in [0.2, 0.25) is 0 Å². The molecule has 22 heavy (non-hydrogen) atoms. The second kappa shape index (κ2) is 7.58. The lowest BCUT2D eigenvalue weighted by molar-refractivity contribution is 0.0752. The summed E-state index contributed by atoms with van der Waals surface area (Å²) in [6.07, 6.45) is 1.96. The molecule has 122 valence electrons. The van der Waals surface area contributed by atoms with E-state index < -0.39 is 0 Å². The number of amides is 1. The molecule has 1 aliphatic rings. The molecule has 0 spiro atoms. The van der Waals surface area contributed by atoms with Crippen molar-refractivity contribution >= 4 is 5.91 Å². The number of hydrogen-bond donors (Lipinski definition) is 0. The monoisotopic (exact) mass is 306 g/mol. The Bertz CT molecular complexity index is 580. The number of hydrogen-bond acceptors (Lipinski definition) is 3. The zero-order valence-corrected chi connectivity index (χ0v) is 13.8. The molecule has 1 aromatic heterocycles. The van der Waals surface area contributed by atoms with Crippen LogP contribution in [0.2, 0.25) is 0 Å². The maximum atomic E-state index is 12.6. The number of aromatic nitrogens is 1. The lowest BCUT2D eigenvalue weighted by Gasteiger charge is -2.17. The van der Waals surface area contributed by atoms with Gasteiger partial charge in [-0.05, 0) is 38.8 Å². The SMILES string of the molecule is CCCOC[C@H]1CCN(C(=O)c2ccc(C)n(CC)c2=O)C1. The maximum absolute atomic E-state index is 12.6. The summed E-state index contributed by atoms with van der Waals surface area (Å²) < 4.78 is 7.22. The van der Waals surface area contributed by atoms with Gasteiger partial charge in [-0.15, -0.1) is 0 Å². The number of pyridine rings is 1. The van der Waals surface area contributed by atoms with Gasteiger partial charge >= 0.3 is 0 Å².